The Morgan fingerprint density at radius 3 is 2.62 bits per heavy atom. The number of hydrogen-bond donors (Lipinski definition) is 0. The van der Waals surface area contributed by atoms with Crippen molar-refractivity contribution >= 4 is 29.0 Å². The summed E-state index contributed by atoms with van der Waals surface area (Å²) >= 11 is 11.5. The van der Waals surface area contributed by atoms with Gasteiger partial charge in [0, 0.05) is 16.1 Å². The minimum atomic E-state index is -1.25. The van der Waals surface area contributed by atoms with Gasteiger partial charge in [-0.2, -0.15) is 5.26 Å². The van der Waals surface area contributed by atoms with Crippen molar-refractivity contribution in [3.8, 4) is 6.07 Å². The second kappa shape index (κ2) is 6.26. The maximum atomic E-state index is 14.0. The quantitative estimate of drug-likeness (QED) is 0.752. The topological polar surface area (TPSA) is 40.9 Å². The standard InChI is InChI=1S/C16H10Cl2FNO/c1-9-7-10(17)5-6-11(9)16(21)13(8-20)12-3-2-4-14(18)15(12)19/h2-7,13H,1H3. The van der Waals surface area contributed by atoms with Crippen molar-refractivity contribution in [3.05, 3.63) is 69.0 Å². The second-order valence-corrected chi connectivity index (χ2v) is 5.37. The van der Waals surface area contributed by atoms with Crippen molar-refractivity contribution in [2.75, 3.05) is 0 Å². The number of carbonyl (C=O) groups is 1. The van der Waals surface area contributed by atoms with Crippen LogP contribution in [0.15, 0.2) is 36.4 Å². The molecule has 21 heavy (non-hydrogen) atoms. The van der Waals surface area contributed by atoms with Gasteiger partial charge >= 0.3 is 0 Å². The molecule has 0 saturated heterocycles. The van der Waals surface area contributed by atoms with Gasteiger partial charge in [-0.1, -0.05) is 35.3 Å². The van der Waals surface area contributed by atoms with Crippen molar-refractivity contribution in [2.45, 2.75) is 12.8 Å². The monoisotopic (exact) mass is 321 g/mol. The fourth-order valence-corrected chi connectivity index (χ4v) is 2.48. The molecule has 0 amide bonds. The summed E-state index contributed by atoms with van der Waals surface area (Å²) in [5.74, 6) is -2.47. The maximum Gasteiger partial charge on any atom is 0.184 e. The lowest BCUT2D eigenvalue weighted by atomic mass is 9.89. The Kier molecular flexibility index (Phi) is 4.62. The van der Waals surface area contributed by atoms with Crippen LogP contribution in [0.5, 0.6) is 0 Å². The van der Waals surface area contributed by atoms with Crippen LogP contribution in [-0.2, 0) is 0 Å². The van der Waals surface area contributed by atoms with Gasteiger partial charge in [0.05, 0.1) is 11.1 Å². The Bertz CT molecular complexity index is 752. The molecule has 0 aliphatic heterocycles. The van der Waals surface area contributed by atoms with Crippen LogP contribution in [0.2, 0.25) is 10.0 Å². The molecule has 1 atom stereocenters. The predicted octanol–water partition coefficient (Wildman–Crippen LogP) is 4.93. The van der Waals surface area contributed by atoms with Crippen LogP contribution in [0.4, 0.5) is 4.39 Å². The largest absolute Gasteiger partial charge is 0.292 e. The van der Waals surface area contributed by atoms with Crippen LogP contribution >= 0.6 is 23.2 Å². The maximum absolute atomic E-state index is 14.0. The number of nitrogens with zero attached hydrogens (tertiary/aromatic N) is 1. The van der Waals surface area contributed by atoms with Crippen LogP contribution in [0.25, 0.3) is 0 Å². The molecule has 5 heteroatoms. The second-order valence-electron chi connectivity index (χ2n) is 4.53. The average Bonchev–Trinajstić information content (AvgIpc) is 2.44. The molecular formula is C16H10Cl2FNO. The molecule has 0 fully saturated rings. The third kappa shape index (κ3) is 3.07. The summed E-state index contributed by atoms with van der Waals surface area (Å²) in [6.45, 7) is 1.71. The highest BCUT2D eigenvalue weighted by Crippen LogP contribution is 2.28. The number of aryl methyl sites for hydroxylation is 1. The van der Waals surface area contributed by atoms with Crippen LogP contribution in [-0.4, -0.2) is 5.78 Å². The SMILES string of the molecule is Cc1cc(Cl)ccc1C(=O)C(C#N)c1cccc(Cl)c1F. The van der Waals surface area contributed by atoms with Crippen LogP contribution in [0, 0.1) is 24.1 Å². The summed E-state index contributed by atoms with van der Waals surface area (Å²) in [6, 6.07) is 10.8. The Balaban J connectivity index is 2.49. The summed E-state index contributed by atoms with van der Waals surface area (Å²) < 4.78 is 14.0. The number of nitriles is 1. The molecule has 0 heterocycles. The van der Waals surface area contributed by atoms with Crippen molar-refractivity contribution in [3.63, 3.8) is 0 Å². The van der Waals surface area contributed by atoms with Gasteiger partial charge in [0.25, 0.3) is 0 Å². The molecule has 106 valence electrons. The van der Waals surface area contributed by atoms with E-state index in [2.05, 4.69) is 0 Å². The zero-order chi connectivity index (χ0) is 15.6. The third-order valence-electron chi connectivity index (χ3n) is 3.14. The number of carbonyl (C=O) groups excluding carboxylic acids is 1. The number of Topliss-reactive ketones (excluding diaryl/α,β-unsaturated/α-hetero) is 1. The lowest BCUT2D eigenvalue weighted by Gasteiger charge is -2.12. The molecule has 1 unspecified atom stereocenters. The lowest BCUT2D eigenvalue weighted by Crippen LogP contribution is -2.14. The van der Waals surface area contributed by atoms with Gasteiger partial charge in [0.15, 0.2) is 5.78 Å². The van der Waals surface area contributed by atoms with Gasteiger partial charge in [-0.15, -0.1) is 0 Å². The number of ketones is 1. The van der Waals surface area contributed by atoms with Gasteiger partial charge in [-0.25, -0.2) is 4.39 Å². The zero-order valence-corrected chi connectivity index (χ0v) is 12.5. The normalized spacial score (nSPS) is 11.8. The van der Waals surface area contributed by atoms with E-state index in [0.717, 1.165) is 0 Å². The van der Waals surface area contributed by atoms with E-state index in [1.165, 1.54) is 24.3 Å². The Morgan fingerprint density at radius 1 is 1.29 bits per heavy atom. The number of benzene rings is 2. The van der Waals surface area contributed by atoms with E-state index in [4.69, 9.17) is 23.2 Å². The highest BCUT2D eigenvalue weighted by atomic mass is 35.5. The van der Waals surface area contributed by atoms with E-state index in [0.29, 0.717) is 16.1 Å². The summed E-state index contributed by atoms with van der Waals surface area (Å²) in [4.78, 5) is 12.5. The van der Waals surface area contributed by atoms with E-state index in [1.807, 2.05) is 6.07 Å². The predicted molar refractivity (Wildman–Crippen MR) is 80.3 cm³/mol. The van der Waals surface area contributed by atoms with Crippen LogP contribution < -0.4 is 0 Å². The summed E-state index contributed by atoms with van der Waals surface area (Å²) in [5.41, 5.74) is 0.949. The highest BCUT2D eigenvalue weighted by molar-refractivity contribution is 6.31. The minimum absolute atomic E-state index is 0.0237. The molecule has 2 aromatic rings. The van der Waals surface area contributed by atoms with Crippen molar-refractivity contribution in [2.24, 2.45) is 0 Å². The van der Waals surface area contributed by atoms with E-state index < -0.39 is 17.5 Å². The Hall–Kier alpha value is -1.89. The van der Waals surface area contributed by atoms with E-state index in [1.54, 1.807) is 19.1 Å². The highest BCUT2D eigenvalue weighted by Gasteiger charge is 2.26. The molecule has 2 rings (SSSR count). The summed E-state index contributed by atoms with van der Waals surface area (Å²) in [7, 11) is 0. The van der Waals surface area contributed by atoms with E-state index >= 15 is 0 Å². The molecular weight excluding hydrogens is 312 g/mol. The van der Waals surface area contributed by atoms with E-state index in [9.17, 15) is 14.4 Å². The molecule has 0 aliphatic carbocycles. The first-order chi connectivity index (χ1) is 9.95. The van der Waals surface area contributed by atoms with Gasteiger partial charge in [0.1, 0.15) is 11.7 Å². The molecule has 0 bridgehead atoms. The summed E-state index contributed by atoms with van der Waals surface area (Å²) in [5, 5.41) is 9.64. The molecule has 2 aromatic carbocycles. The smallest absolute Gasteiger partial charge is 0.184 e. The number of hydrogen-bond acceptors (Lipinski definition) is 2. The molecule has 0 aliphatic rings. The molecule has 0 radical (unpaired) electrons. The fraction of sp³-hybridized carbons (Fsp3) is 0.125. The molecule has 0 saturated carbocycles. The average molecular weight is 322 g/mol. The van der Waals surface area contributed by atoms with Crippen LogP contribution in [0.1, 0.15) is 27.4 Å². The lowest BCUT2D eigenvalue weighted by molar-refractivity contribution is 0.0977. The van der Waals surface area contributed by atoms with Gasteiger partial charge in [-0.3, -0.25) is 4.79 Å². The Labute approximate surface area is 131 Å². The fourth-order valence-electron chi connectivity index (χ4n) is 2.07. The van der Waals surface area contributed by atoms with Crippen molar-refractivity contribution < 1.29 is 9.18 Å². The number of rotatable bonds is 3. The van der Waals surface area contributed by atoms with Crippen molar-refractivity contribution in [1.82, 2.24) is 0 Å². The zero-order valence-electron chi connectivity index (χ0n) is 11.0. The van der Waals surface area contributed by atoms with Gasteiger partial charge in [0.2, 0.25) is 0 Å². The first kappa shape index (κ1) is 15.5. The third-order valence-corrected chi connectivity index (χ3v) is 3.66. The minimum Gasteiger partial charge on any atom is -0.292 e. The van der Waals surface area contributed by atoms with Gasteiger partial charge < -0.3 is 0 Å². The molecule has 0 spiro atoms. The van der Waals surface area contributed by atoms with Crippen LogP contribution in [0.3, 0.4) is 0 Å². The summed E-state index contributed by atoms with van der Waals surface area (Å²) in [6.07, 6.45) is 0. The van der Waals surface area contributed by atoms with Crippen molar-refractivity contribution in [1.29, 1.82) is 5.26 Å². The Morgan fingerprint density at radius 2 is 2.00 bits per heavy atom. The van der Waals surface area contributed by atoms with E-state index in [-0.39, 0.29) is 10.6 Å². The van der Waals surface area contributed by atoms with Gasteiger partial charge in [-0.05, 0) is 36.8 Å². The molecule has 2 nitrogen and oxygen atoms in total. The number of halogens is 3. The molecule has 0 N–H and O–H groups in total. The first-order valence-corrected chi connectivity index (χ1v) is 6.85. The first-order valence-electron chi connectivity index (χ1n) is 6.09. The molecule has 0 aromatic heterocycles.